The molecular weight excluding hydrogens is 208 g/mol. The zero-order chi connectivity index (χ0) is 12.3. The third-order valence-corrected chi connectivity index (χ3v) is 4.45. The number of hydrogen-bond donors (Lipinski definition) is 1. The van der Waals surface area contributed by atoms with Gasteiger partial charge >= 0.3 is 0 Å². The lowest BCUT2D eigenvalue weighted by molar-refractivity contribution is 0.102. The second-order valence-electron chi connectivity index (χ2n) is 6.52. The van der Waals surface area contributed by atoms with Crippen LogP contribution in [0.2, 0.25) is 0 Å². The maximum absolute atomic E-state index is 6.10. The highest BCUT2D eigenvalue weighted by atomic mass is 15.2. The molecule has 0 aromatic rings. The van der Waals surface area contributed by atoms with Gasteiger partial charge in [-0.1, -0.05) is 33.1 Å². The van der Waals surface area contributed by atoms with Gasteiger partial charge in [0.05, 0.1) is 0 Å². The molecule has 2 heteroatoms. The molecule has 2 rings (SSSR count). The van der Waals surface area contributed by atoms with Crippen molar-refractivity contribution in [2.45, 2.75) is 70.9 Å². The van der Waals surface area contributed by atoms with Crippen LogP contribution in [-0.4, -0.2) is 30.1 Å². The van der Waals surface area contributed by atoms with Gasteiger partial charge in [0, 0.05) is 25.2 Å². The molecule has 2 saturated carbocycles. The summed E-state index contributed by atoms with van der Waals surface area (Å²) in [5.41, 5.74) is 6.10. The summed E-state index contributed by atoms with van der Waals surface area (Å²) in [6, 6.07) is 1.54. The van der Waals surface area contributed by atoms with Gasteiger partial charge < -0.3 is 5.73 Å². The summed E-state index contributed by atoms with van der Waals surface area (Å²) >= 11 is 0. The van der Waals surface area contributed by atoms with Gasteiger partial charge in [-0.05, 0) is 37.5 Å². The Kier molecular flexibility index (Phi) is 4.87. The van der Waals surface area contributed by atoms with Crippen molar-refractivity contribution in [1.82, 2.24) is 4.90 Å². The maximum Gasteiger partial charge on any atom is 0.0249 e. The third-order valence-electron chi connectivity index (χ3n) is 4.45. The van der Waals surface area contributed by atoms with Crippen molar-refractivity contribution in [1.29, 1.82) is 0 Å². The van der Waals surface area contributed by atoms with Crippen LogP contribution in [0.1, 0.15) is 58.8 Å². The standard InChI is InChI=1S/C15H30N2/c1-12(2)11-17(14-8-9-14)15(10-16)13-6-4-3-5-7-13/h12-15H,3-11,16H2,1-2H3. The number of hydrogen-bond acceptors (Lipinski definition) is 2. The number of rotatable bonds is 6. The van der Waals surface area contributed by atoms with Gasteiger partial charge in [0.1, 0.15) is 0 Å². The van der Waals surface area contributed by atoms with Crippen LogP contribution in [0.15, 0.2) is 0 Å². The lowest BCUT2D eigenvalue weighted by atomic mass is 9.83. The van der Waals surface area contributed by atoms with Gasteiger partial charge in [-0.3, -0.25) is 4.90 Å². The molecule has 0 aliphatic heterocycles. The smallest absolute Gasteiger partial charge is 0.0249 e. The quantitative estimate of drug-likeness (QED) is 0.771. The van der Waals surface area contributed by atoms with Crippen LogP contribution in [-0.2, 0) is 0 Å². The predicted octanol–water partition coefficient (Wildman–Crippen LogP) is 3.01. The van der Waals surface area contributed by atoms with E-state index in [9.17, 15) is 0 Å². The Balaban J connectivity index is 1.96. The van der Waals surface area contributed by atoms with Crippen LogP contribution in [0.3, 0.4) is 0 Å². The Hall–Kier alpha value is -0.0800. The maximum atomic E-state index is 6.10. The van der Waals surface area contributed by atoms with Gasteiger partial charge in [0.2, 0.25) is 0 Å². The lowest BCUT2D eigenvalue weighted by Crippen LogP contribution is -2.48. The van der Waals surface area contributed by atoms with Gasteiger partial charge in [-0.15, -0.1) is 0 Å². The van der Waals surface area contributed by atoms with Crippen LogP contribution in [0.4, 0.5) is 0 Å². The van der Waals surface area contributed by atoms with E-state index in [1.54, 1.807) is 0 Å². The van der Waals surface area contributed by atoms with E-state index in [1.165, 1.54) is 51.5 Å². The Bertz CT molecular complexity index is 217. The molecule has 1 unspecified atom stereocenters. The molecule has 100 valence electrons. The fraction of sp³-hybridized carbons (Fsp3) is 1.00. The zero-order valence-corrected chi connectivity index (χ0v) is 11.7. The monoisotopic (exact) mass is 238 g/mol. The van der Waals surface area contributed by atoms with Crippen molar-refractivity contribution in [3.8, 4) is 0 Å². The highest BCUT2D eigenvalue weighted by Crippen LogP contribution is 2.35. The van der Waals surface area contributed by atoms with E-state index in [0.717, 1.165) is 24.4 Å². The summed E-state index contributed by atoms with van der Waals surface area (Å²) in [4.78, 5) is 2.76. The minimum atomic E-state index is 0.671. The van der Waals surface area contributed by atoms with Crippen LogP contribution >= 0.6 is 0 Å². The molecule has 17 heavy (non-hydrogen) atoms. The minimum Gasteiger partial charge on any atom is -0.329 e. The van der Waals surface area contributed by atoms with Crippen molar-refractivity contribution in [3.63, 3.8) is 0 Å². The molecule has 0 amide bonds. The van der Waals surface area contributed by atoms with Crippen LogP contribution in [0.25, 0.3) is 0 Å². The molecule has 2 fully saturated rings. The second-order valence-corrected chi connectivity index (χ2v) is 6.52. The minimum absolute atomic E-state index is 0.671. The molecule has 2 nitrogen and oxygen atoms in total. The van der Waals surface area contributed by atoms with Crippen LogP contribution < -0.4 is 5.73 Å². The molecule has 2 aliphatic rings. The Labute approximate surface area is 107 Å². The first-order chi connectivity index (χ1) is 8.22. The molecule has 0 aromatic carbocycles. The van der Waals surface area contributed by atoms with Gasteiger partial charge in [-0.25, -0.2) is 0 Å². The van der Waals surface area contributed by atoms with E-state index in [1.807, 2.05) is 0 Å². The molecule has 2 N–H and O–H groups in total. The van der Waals surface area contributed by atoms with Crippen LogP contribution in [0, 0.1) is 11.8 Å². The average molecular weight is 238 g/mol. The summed E-state index contributed by atoms with van der Waals surface area (Å²) in [5, 5.41) is 0. The normalized spacial score (nSPS) is 24.5. The molecule has 0 saturated heterocycles. The van der Waals surface area contributed by atoms with Crippen molar-refractivity contribution in [3.05, 3.63) is 0 Å². The average Bonchev–Trinajstić information content (AvgIpc) is 3.13. The highest BCUT2D eigenvalue weighted by molar-refractivity contribution is 4.92. The predicted molar refractivity (Wildman–Crippen MR) is 74.0 cm³/mol. The number of nitrogens with two attached hydrogens (primary N) is 1. The summed E-state index contributed by atoms with van der Waals surface area (Å²) in [7, 11) is 0. The van der Waals surface area contributed by atoms with Crippen molar-refractivity contribution >= 4 is 0 Å². The molecule has 0 aromatic heterocycles. The zero-order valence-electron chi connectivity index (χ0n) is 11.7. The first-order valence-electron chi connectivity index (χ1n) is 7.68. The lowest BCUT2D eigenvalue weighted by Gasteiger charge is -2.39. The van der Waals surface area contributed by atoms with E-state index < -0.39 is 0 Å². The Morgan fingerprint density at radius 3 is 2.18 bits per heavy atom. The molecule has 0 bridgehead atoms. The first kappa shape index (κ1) is 13.4. The van der Waals surface area contributed by atoms with Crippen molar-refractivity contribution < 1.29 is 0 Å². The fourth-order valence-electron chi connectivity index (χ4n) is 3.50. The fourth-order valence-corrected chi connectivity index (χ4v) is 3.50. The molecule has 1 atom stereocenters. The van der Waals surface area contributed by atoms with Crippen molar-refractivity contribution in [2.24, 2.45) is 17.6 Å². The molecule has 0 heterocycles. The van der Waals surface area contributed by atoms with Crippen molar-refractivity contribution in [2.75, 3.05) is 13.1 Å². The van der Waals surface area contributed by atoms with E-state index in [0.29, 0.717) is 6.04 Å². The van der Waals surface area contributed by atoms with Crippen LogP contribution in [0.5, 0.6) is 0 Å². The summed E-state index contributed by atoms with van der Waals surface area (Å²) in [6.45, 7) is 6.80. The largest absolute Gasteiger partial charge is 0.329 e. The first-order valence-corrected chi connectivity index (χ1v) is 7.68. The second kappa shape index (κ2) is 6.19. The molecule has 0 spiro atoms. The number of nitrogens with zero attached hydrogens (tertiary/aromatic N) is 1. The van der Waals surface area contributed by atoms with E-state index >= 15 is 0 Å². The topological polar surface area (TPSA) is 29.3 Å². The Morgan fingerprint density at radius 1 is 1.06 bits per heavy atom. The summed E-state index contributed by atoms with van der Waals surface area (Å²) in [6.07, 6.45) is 9.97. The molecular formula is C15H30N2. The summed E-state index contributed by atoms with van der Waals surface area (Å²) < 4.78 is 0. The van der Waals surface area contributed by atoms with Gasteiger partial charge in [0.25, 0.3) is 0 Å². The highest BCUT2D eigenvalue weighted by Gasteiger charge is 2.37. The van der Waals surface area contributed by atoms with Gasteiger partial charge in [-0.2, -0.15) is 0 Å². The van der Waals surface area contributed by atoms with Gasteiger partial charge in [0.15, 0.2) is 0 Å². The van der Waals surface area contributed by atoms with E-state index in [-0.39, 0.29) is 0 Å². The van der Waals surface area contributed by atoms with E-state index in [2.05, 4.69) is 18.7 Å². The third kappa shape index (κ3) is 3.69. The Morgan fingerprint density at radius 2 is 1.71 bits per heavy atom. The summed E-state index contributed by atoms with van der Waals surface area (Å²) in [5.74, 6) is 1.65. The van der Waals surface area contributed by atoms with E-state index in [4.69, 9.17) is 5.73 Å². The SMILES string of the molecule is CC(C)CN(C1CC1)C(CN)C1CCCCC1. The molecule has 0 radical (unpaired) electrons. The molecule has 2 aliphatic carbocycles.